The molecular formula is C15H21N3O4. The Morgan fingerprint density at radius 3 is 2.50 bits per heavy atom. The van der Waals surface area contributed by atoms with Gasteiger partial charge in [0.1, 0.15) is 5.75 Å². The minimum atomic E-state index is -0.632. The molecular weight excluding hydrogens is 286 g/mol. The molecule has 0 saturated heterocycles. The Balaban J connectivity index is 2.56. The maximum atomic E-state index is 11.9. The topological polar surface area (TPSA) is 102 Å². The number of likely N-dealkylation sites (N-methyl/N-ethyl adjacent to an activating group) is 1. The zero-order valence-electron chi connectivity index (χ0n) is 13.0. The third-order valence-corrected chi connectivity index (χ3v) is 2.76. The number of para-hydroxylation sites is 1. The first-order valence-corrected chi connectivity index (χ1v) is 6.86. The summed E-state index contributed by atoms with van der Waals surface area (Å²) in [5.74, 6) is -1.02. The highest BCUT2D eigenvalue weighted by atomic mass is 16.5. The van der Waals surface area contributed by atoms with E-state index in [9.17, 15) is 14.4 Å². The quantitative estimate of drug-likeness (QED) is 0.748. The second-order valence-electron chi connectivity index (χ2n) is 5.12. The number of rotatable bonds is 7. The van der Waals surface area contributed by atoms with E-state index in [-0.39, 0.29) is 42.3 Å². The third-order valence-electron chi connectivity index (χ3n) is 2.76. The summed E-state index contributed by atoms with van der Waals surface area (Å²) in [6.45, 7) is 3.33. The summed E-state index contributed by atoms with van der Waals surface area (Å²) < 4.78 is 5.32. The van der Waals surface area contributed by atoms with E-state index in [0.717, 1.165) is 0 Å². The van der Waals surface area contributed by atoms with Gasteiger partial charge in [-0.3, -0.25) is 14.4 Å². The first-order valence-electron chi connectivity index (χ1n) is 6.86. The van der Waals surface area contributed by atoms with Crippen molar-refractivity contribution in [3.05, 3.63) is 29.8 Å². The molecule has 3 N–H and O–H groups in total. The van der Waals surface area contributed by atoms with Crippen LogP contribution in [-0.2, 0) is 9.59 Å². The normalized spacial score (nSPS) is 10.2. The van der Waals surface area contributed by atoms with Crippen LogP contribution in [0.1, 0.15) is 24.2 Å². The second kappa shape index (κ2) is 8.02. The van der Waals surface area contributed by atoms with Gasteiger partial charge < -0.3 is 20.7 Å². The minimum Gasteiger partial charge on any atom is -0.483 e. The van der Waals surface area contributed by atoms with Crippen molar-refractivity contribution < 1.29 is 19.1 Å². The molecule has 0 bridgehead atoms. The molecule has 0 spiro atoms. The van der Waals surface area contributed by atoms with Gasteiger partial charge in [-0.15, -0.1) is 0 Å². The third kappa shape index (κ3) is 5.43. The molecule has 0 radical (unpaired) electrons. The van der Waals surface area contributed by atoms with Crippen molar-refractivity contribution in [1.29, 1.82) is 0 Å². The number of amides is 3. The van der Waals surface area contributed by atoms with Crippen molar-refractivity contribution in [3.63, 3.8) is 0 Å². The van der Waals surface area contributed by atoms with Crippen LogP contribution in [0.25, 0.3) is 0 Å². The lowest BCUT2D eigenvalue weighted by Gasteiger charge is -2.18. The van der Waals surface area contributed by atoms with Crippen LogP contribution in [-0.4, -0.2) is 48.9 Å². The Morgan fingerprint density at radius 2 is 1.91 bits per heavy atom. The molecule has 120 valence electrons. The molecule has 0 heterocycles. The summed E-state index contributed by atoms with van der Waals surface area (Å²) in [7, 11) is 1.51. The number of hydrogen-bond donors (Lipinski definition) is 2. The molecule has 0 aliphatic heterocycles. The van der Waals surface area contributed by atoms with E-state index < -0.39 is 5.91 Å². The van der Waals surface area contributed by atoms with Crippen LogP contribution in [0.15, 0.2) is 24.3 Å². The van der Waals surface area contributed by atoms with Crippen LogP contribution >= 0.6 is 0 Å². The number of carbonyl (C=O) groups is 3. The lowest BCUT2D eigenvalue weighted by molar-refractivity contribution is -0.136. The summed E-state index contributed by atoms with van der Waals surface area (Å²) in [6.07, 6.45) is 0. The maximum absolute atomic E-state index is 11.9. The Hall–Kier alpha value is -2.57. The fourth-order valence-electron chi connectivity index (χ4n) is 1.72. The molecule has 0 saturated carbocycles. The number of ether oxygens (including phenoxy) is 1. The van der Waals surface area contributed by atoms with Crippen LogP contribution in [0.2, 0.25) is 0 Å². The first-order chi connectivity index (χ1) is 10.3. The average Bonchev–Trinajstić information content (AvgIpc) is 2.43. The molecule has 0 aliphatic rings. The van der Waals surface area contributed by atoms with E-state index in [1.165, 1.54) is 18.0 Å². The van der Waals surface area contributed by atoms with Gasteiger partial charge in [-0.25, -0.2) is 0 Å². The van der Waals surface area contributed by atoms with Crippen molar-refractivity contribution in [2.45, 2.75) is 19.9 Å². The molecule has 1 aromatic rings. The van der Waals surface area contributed by atoms with Gasteiger partial charge in [0.25, 0.3) is 11.8 Å². The van der Waals surface area contributed by atoms with E-state index in [2.05, 4.69) is 5.32 Å². The summed E-state index contributed by atoms with van der Waals surface area (Å²) >= 11 is 0. The number of nitrogens with one attached hydrogen (secondary N) is 1. The van der Waals surface area contributed by atoms with Gasteiger partial charge in [-0.2, -0.15) is 0 Å². The molecule has 22 heavy (non-hydrogen) atoms. The lowest BCUT2D eigenvalue weighted by atomic mass is 10.2. The molecule has 0 fully saturated rings. The smallest absolute Gasteiger partial charge is 0.260 e. The number of nitrogens with two attached hydrogens (primary N) is 1. The van der Waals surface area contributed by atoms with Crippen LogP contribution in [0.5, 0.6) is 5.75 Å². The molecule has 1 aromatic carbocycles. The van der Waals surface area contributed by atoms with Crippen LogP contribution in [0.4, 0.5) is 0 Å². The van der Waals surface area contributed by atoms with E-state index in [1.54, 1.807) is 18.2 Å². The predicted molar refractivity (Wildman–Crippen MR) is 81.4 cm³/mol. The zero-order chi connectivity index (χ0) is 16.7. The molecule has 7 nitrogen and oxygen atoms in total. The van der Waals surface area contributed by atoms with Crippen molar-refractivity contribution >= 4 is 17.7 Å². The highest BCUT2D eigenvalue weighted by Crippen LogP contribution is 2.17. The number of primary amides is 1. The molecule has 0 aliphatic carbocycles. The van der Waals surface area contributed by atoms with Gasteiger partial charge in [0, 0.05) is 13.1 Å². The SMILES string of the molecule is CC(C)NC(=O)CN(C)C(=O)COc1ccccc1C(N)=O. The van der Waals surface area contributed by atoms with Gasteiger partial charge in [0.15, 0.2) is 6.61 Å². The number of hydrogen-bond acceptors (Lipinski definition) is 4. The zero-order valence-corrected chi connectivity index (χ0v) is 13.0. The van der Waals surface area contributed by atoms with Gasteiger partial charge >= 0.3 is 0 Å². The van der Waals surface area contributed by atoms with Crippen molar-refractivity contribution in [3.8, 4) is 5.75 Å². The summed E-state index contributed by atoms with van der Waals surface area (Å²) in [5.41, 5.74) is 5.43. The van der Waals surface area contributed by atoms with Crippen LogP contribution in [0, 0.1) is 0 Å². The van der Waals surface area contributed by atoms with Crippen molar-refractivity contribution in [1.82, 2.24) is 10.2 Å². The van der Waals surface area contributed by atoms with Crippen molar-refractivity contribution in [2.24, 2.45) is 5.73 Å². The molecule has 3 amide bonds. The van der Waals surface area contributed by atoms with Crippen LogP contribution in [0.3, 0.4) is 0 Å². The predicted octanol–water partition coefficient (Wildman–Crippen LogP) is 0.147. The summed E-state index contributed by atoms with van der Waals surface area (Å²) in [5, 5.41) is 2.69. The van der Waals surface area contributed by atoms with E-state index in [1.807, 2.05) is 13.8 Å². The average molecular weight is 307 g/mol. The Bertz CT molecular complexity index is 557. The van der Waals surface area contributed by atoms with Gasteiger partial charge in [0.05, 0.1) is 12.1 Å². The van der Waals surface area contributed by atoms with E-state index in [0.29, 0.717) is 0 Å². The maximum Gasteiger partial charge on any atom is 0.260 e. The van der Waals surface area contributed by atoms with Gasteiger partial charge in [-0.05, 0) is 26.0 Å². The van der Waals surface area contributed by atoms with E-state index >= 15 is 0 Å². The van der Waals surface area contributed by atoms with Gasteiger partial charge in [-0.1, -0.05) is 12.1 Å². The molecule has 1 rings (SSSR count). The monoisotopic (exact) mass is 307 g/mol. The Morgan fingerprint density at radius 1 is 1.27 bits per heavy atom. The molecule has 0 aromatic heterocycles. The Kier molecular flexibility index (Phi) is 6.37. The minimum absolute atomic E-state index is 0.00898. The highest BCUT2D eigenvalue weighted by molar-refractivity contribution is 5.95. The molecule has 0 unspecified atom stereocenters. The van der Waals surface area contributed by atoms with Crippen molar-refractivity contribution in [2.75, 3.05) is 20.2 Å². The summed E-state index contributed by atoms with van der Waals surface area (Å²) in [4.78, 5) is 36.0. The largest absolute Gasteiger partial charge is 0.483 e. The first kappa shape index (κ1) is 17.5. The lowest BCUT2D eigenvalue weighted by Crippen LogP contribution is -2.42. The number of carbonyl (C=O) groups excluding carboxylic acids is 3. The Labute approximate surface area is 129 Å². The van der Waals surface area contributed by atoms with Gasteiger partial charge in [0.2, 0.25) is 5.91 Å². The fourth-order valence-corrected chi connectivity index (χ4v) is 1.72. The standard InChI is InChI=1S/C15H21N3O4/c1-10(2)17-13(19)8-18(3)14(20)9-22-12-7-5-4-6-11(12)15(16)21/h4-7,10H,8-9H2,1-3H3,(H2,16,21)(H,17,19). The number of benzene rings is 1. The van der Waals surface area contributed by atoms with Crippen LogP contribution < -0.4 is 15.8 Å². The highest BCUT2D eigenvalue weighted by Gasteiger charge is 2.15. The summed E-state index contributed by atoms with van der Waals surface area (Å²) in [6, 6.07) is 6.40. The number of nitrogens with zero attached hydrogens (tertiary/aromatic N) is 1. The van der Waals surface area contributed by atoms with E-state index in [4.69, 9.17) is 10.5 Å². The molecule has 0 atom stereocenters. The molecule has 7 heteroatoms. The fraction of sp³-hybridized carbons (Fsp3) is 0.400. The second-order valence-corrected chi connectivity index (χ2v) is 5.12.